The Balaban J connectivity index is 2.51. The van der Waals surface area contributed by atoms with Crippen LogP contribution in [-0.2, 0) is 9.84 Å². The van der Waals surface area contributed by atoms with Crippen molar-refractivity contribution < 1.29 is 13.2 Å². The van der Waals surface area contributed by atoms with Crippen LogP contribution in [0.1, 0.15) is 16.8 Å². The topological polar surface area (TPSA) is 101 Å². The second-order valence-corrected chi connectivity index (χ2v) is 6.19. The standard InChI is InChI=1S/C11H17N3O3S/c1-18(16,17)8-4-7-13-11(15)9-5-2-3-6-10(9)14-12/h2-3,5-6,14H,4,7-8,12H2,1H3,(H,13,15). The van der Waals surface area contributed by atoms with Crippen LogP contribution in [0.25, 0.3) is 0 Å². The predicted octanol–water partition coefficient (Wildman–Crippen LogP) is 0.137. The number of nitrogens with two attached hydrogens (primary N) is 1. The van der Waals surface area contributed by atoms with Gasteiger partial charge < -0.3 is 10.7 Å². The van der Waals surface area contributed by atoms with Gasteiger partial charge in [0.2, 0.25) is 0 Å². The number of sulfone groups is 1. The highest BCUT2D eigenvalue weighted by atomic mass is 32.2. The van der Waals surface area contributed by atoms with Gasteiger partial charge in [0.05, 0.1) is 17.0 Å². The fraction of sp³-hybridized carbons (Fsp3) is 0.364. The molecule has 1 rings (SSSR count). The van der Waals surface area contributed by atoms with E-state index in [9.17, 15) is 13.2 Å². The second kappa shape index (κ2) is 6.36. The Labute approximate surface area is 106 Å². The summed E-state index contributed by atoms with van der Waals surface area (Å²) in [5.74, 6) is 5.07. The largest absolute Gasteiger partial charge is 0.352 e. The van der Waals surface area contributed by atoms with Crippen molar-refractivity contribution in [3.63, 3.8) is 0 Å². The second-order valence-electron chi connectivity index (χ2n) is 3.93. The molecule has 0 unspecified atom stereocenters. The van der Waals surface area contributed by atoms with Crippen molar-refractivity contribution in [1.29, 1.82) is 0 Å². The zero-order valence-electron chi connectivity index (χ0n) is 10.1. The first kappa shape index (κ1) is 14.5. The quantitative estimate of drug-likeness (QED) is 0.388. The summed E-state index contributed by atoms with van der Waals surface area (Å²) in [5.41, 5.74) is 3.39. The van der Waals surface area contributed by atoms with Crippen LogP contribution in [0.15, 0.2) is 24.3 Å². The number of carbonyl (C=O) groups excluding carboxylic acids is 1. The lowest BCUT2D eigenvalue weighted by Gasteiger charge is -2.09. The Bertz CT molecular complexity index is 514. The van der Waals surface area contributed by atoms with Crippen LogP contribution in [0.4, 0.5) is 5.69 Å². The number of hydrazine groups is 1. The highest BCUT2D eigenvalue weighted by molar-refractivity contribution is 7.90. The lowest BCUT2D eigenvalue weighted by atomic mass is 10.1. The van der Waals surface area contributed by atoms with E-state index in [1.165, 1.54) is 6.26 Å². The van der Waals surface area contributed by atoms with Gasteiger partial charge in [0.15, 0.2) is 0 Å². The molecule has 0 bridgehead atoms. The number of anilines is 1. The number of rotatable bonds is 6. The van der Waals surface area contributed by atoms with Crippen molar-refractivity contribution >= 4 is 21.4 Å². The van der Waals surface area contributed by atoms with Gasteiger partial charge in [0.1, 0.15) is 9.84 Å². The van der Waals surface area contributed by atoms with Crippen LogP contribution in [0, 0.1) is 0 Å². The summed E-state index contributed by atoms with van der Waals surface area (Å²) in [6.07, 6.45) is 1.56. The van der Waals surface area contributed by atoms with Crippen LogP contribution >= 0.6 is 0 Å². The summed E-state index contributed by atoms with van der Waals surface area (Å²) in [5, 5.41) is 2.65. The average molecular weight is 271 g/mol. The number of hydrogen-bond donors (Lipinski definition) is 3. The molecule has 6 nitrogen and oxygen atoms in total. The Hall–Kier alpha value is -1.60. The van der Waals surface area contributed by atoms with Gasteiger partial charge in [-0.25, -0.2) is 8.42 Å². The third kappa shape index (κ3) is 4.72. The van der Waals surface area contributed by atoms with Gasteiger partial charge >= 0.3 is 0 Å². The summed E-state index contributed by atoms with van der Waals surface area (Å²) in [6.45, 7) is 0.310. The monoisotopic (exact) mass is 271 g/mol. The minimum Gasteiger partial charge on any atom is -0.352 e. The van der Waals surface area contributed by atoms with E-state index in [-0.39, 0.29) is 11.7 Å². The lowest BCUT2D eigenvalue weighted by molar-refractivity contribution is 0.0954. The van der Waals surface area contributed by atoms with Crippen molar-refractivity contribution in [3.05, 3.63) is 29.8 Å². The molecule has 0 aromatic heterocycles. The molecule has 1 aromatic rings. The smallest absolute Gasteiger partial charge is 0.253 e. The Morgan fingerprint density at radius 1 is 1.33 bits per heavy atom. The summed E-state index contributed by atoms with van der Waals surface area (Å²) < 4.78 is 21.8. The molecule has 0 radical (unpaired) electrons. The van der Waals surface area contributed by atoms with E-state index in [2.05, 4.69) is 10.7 Å². The van der Waals surface area contributed by atoms with E-state index in [0.717, 1.165) is 0 Å². The zero-order valence-corrected chi connectivity index (χ0v) is 11.0. The lowest BCUT2D eigenvalue weighted by Crippen LogP contribution is -2.27. The third-order valence-corrected chi connectivity index (χ3v) is 3.33. The van der Waals surface area contributed by atoms with Crippen molar-refractivity contribution in [2.45, 2.75) is 6.42 Å². The molecule has 0 saturated heterocycles. The first-order valence-electron chi connectivity index (χ1n) is 5.45. The van der Waals surface area contributed by atoms with E-state index >= 15 is 0 Å². The first-order valence-corrected chi connectivity index (χ1v) is 7.51. The predicted molar refractivity (Wildman–Crippen MR) is 70.9 cm³/mol. The molecular weight excluding hydrogens is 254 g/mol. The Morgan fingerprint density at radius 3 is 2.61 bits per heavy atom. The Morgan fingerprint density at radius 2 is 2.00 bits per heavy atom. The van der Waals surface area contributed by atoms with Crippen molar-refractivity contribution in [1.82, 2.24) is 5.32 Å². The van der Waals surface area contributed by atoms with E-state index in [1.807, 2.05) is 0 Å². The molecule has 0 aliphatic carbocycles. The molecule has 1 amide bonds. The van der Waals surface area contributed by atoms with Crippen LogP contribution in [0.2, 0.25) is 0 Å². The van der Waals surface area contributed by atoms with E-state index in [1.54, 1.807) is 24.3 Å². The van der Waals surface area contributed by atoms with Gasteiger partial charge in [-0.05, 0) is 18.6 Å². The minimum absolute atomic E-state index is 0.0596. The van der Waals surface area contributed by atoms with Crippen LogP contribution < -0.4 is 16.6 Å². The summed E-state index contributed by atoms with van der Waals surface area (Å²) in [7, 11) is -2.98. The SMILES string of the molecule is CS(=O)(=O)CCCNC(=O)c1ccccc1NN. The van der Waals surface area contributed by atoms with Crippen LogP contribution in [-0.4, -0.2) is 32.9 Å². The summed E-state index contributed by atoms with van der Waals surface area (Å²) in [4.78, 5) is 11.8. The Kier molecular flexibility index (Phi) is 5.11. The molecule has 0 fully saturated rings. The molecule has 0 spiro atoms. The van der Waals surface area contributed by atoms with Crippen LogP contribution in [0.5, 0.6) is 0 Å². The zero-order chi connectivity index (χ0) is 13.6. The number of amides is 1. The molecule has 0 saturated carbocycles. The van der Waals surface area contributed by atoms with Gasteiger partial charge in [0, 0.05) is 12.8 Å². The van der Waals surface area contributed by atoms with Crippen molar-refractivity contribution in [2.24, 2.45) is 5.84 Å². The summed E-state index contributed by atoms with van der Waals surface area (Å²) in [6, 6.07) is 6.81. The fourth-order valence-corrected chi connectivity index (χ4v) is 2.11. The maximum atomic E-state index is 11.8. The fourth-order valence-electron chi connectivity index (χ4n) is 1.44. The van der Waals surface area contributed by atoms with E-state index in [4.69, 9.17) is 5.84 Å². The number of hydrogen-bond acceptors (Lipinski definition) is 5. The number of carbonyl (C=O) groups is 1. The molecule has 4 N–H and O–H groups in total. The van der Waals surface area contributed by atoms with Crippen molar-refractivity contribution in [3.8, 4) is 0 Å². The third-order valence-electron chi connectivity index (χ3n) is 2.30. The molecule has 0 aliphatic rings. The number of nitrogen functional groups attached to an aromatic ring is 1. The number of benzene rings is 1. The first-order chi connectivity index (χ1) is 8.44. The number of nitrogens with one attached hydrogen (secondary N) is 2. The molecule has 18 heavy (non-hydrogen) atoms. The average Bonchev–Trinajstić information content (AvgIpc) is 2.33. The molecule has 7 heteroatoms. The summed E-state index contributed by atoms with van der Waals surface area (Å²) >= 11 is 0. The molecular formula is C11H17N3O3S. The van der Waals surface area contributed by atoms with Crippen LogP contribution in [0.3, 0.4) is 0 Å². The highest BCUT2D eigenvalue weighted by Crippen LogP contribution is 2.12. The molecule has 0 aliphatic heterocycles. The minimum atomic E-state index is -2.98. The van der Waals surface area contributed by atoms with Gasteiger partial charge in [-0.3, -0.25) is 10.6 Å². The molecule has 0 heterocycles. The molecule has 100 valence electrons. The normalized spacial score (nSPS) is 11.0. The van der Waals surface area contributed by atoms with E-state index in [0.29, 0.717) is 24.2 Å². The number of para-hydroxylation sites is 1. The maximum absolute atomic E-state index is 11.8. The van der Waals surface area contributed by atoms with E-state index < -0.39 is 9.84 Å². The molecule has 0 atom stereocenters. The molecule has 1 aromatic carbocycles. The van der Waals surface area contributed by atoms with Gasteiger partial charge in [-0.2, -0.15) is 0 Å². The maximum Gasteiger partial charge on any atom is 0.253 e. The highest BCUT2D eigenvalue weighted by Gasteiger charge is 2.09. The van der Waals surface area contributed by atoms with Gasteiger partial charge in [0.25, 0.3) is 5.91 Å². The van der Waals surface area contributed by atoms with Gasteiger partial charge in [-0.1, -0.05) is 12.1 Å². The van der Waals surface area contributed by atoms with Gasteiger partial charge in [-0.15, -0.1) is 0 Å². The van der Waals surface area contributed by atoms with Crippen molar-refractivity contribution in [2.75, 3.05) is 24.0 Å².